The zero-order chi connectivity index (χ0) is 14.7. The second kappa shape index (κ2) is 6.19. The number of carbonyl (C=O) groups excluding carboxylic acids is 1. The van der Waals surface area contributed by atoms with Gasteiger partial charge in [-0.2, -0.15) is 0 Å². The Morgan fingerprint density at radius 1 is 1.50 bits per heavy atom. The minimum Gasteiger partial charge on any atom is -0.383 e. The molecule has 0 saturated heterocycles. The number of allylic oxidation sites excluding steroid dienone is 1. The summed E-state index contributed by atoms with van der Waals surface area (Å²) in [6.07, 6.45) is 3.33. The van der Waals surface area contributed by atoms with Crippen molar-refractivity contribution in [1.29, 1.82) is 0 Å². The molecule has 1 aromatic rings. The summed E-state index contributed by atoms with van der Waals surface area (Å²) in [5.41, 5.74) is 1.52. The van der Waals surface area contributed by atoms with Gasteiger partial charge in [0.2, 0.25) is 0 Å². The van der Waals surface area contributed by atoms with Gasteiger partial charge in [0.05, 0.1) is 16.6 Å². The van der Waals surface area contributed by atoms with Gasteiger partial charge < -0.3 is 15.5 Å². The lowest BCUT2D eigenvalue weighted by Gasteiger charge is -2.28. The third-order valence-corrected chi connectivity index (χ3v) is 3.95. The van der Waals surface area contributed by atoms with Gasteiger partial charge in [-0.1, -0.05) is 6.07 Å². The maximum atomic E-state index is 12.4. The molecule has 2 N–H and O–H groups in total. The molecule has 0 bridgehead atoms. The van der Waals surface area contributed by atoms with Crippen molar-refractivity contribution >= 4 is 40.1 Å². The zero-order valence-electron chi connectivity index (χ0n) is 11.6. The molecule has 0 fully saturated rings. The van der Waals surface area contributed by atoms with Crippen LogP contribution in [0.4, 0.5) is 0 Å². The van der Waals surface area contributed by atoms with Crippen LogP contribution in [0.2, 0.25) is 0 Å². The molecule has 1 unspecified atom stereocenters. The third-order valence-electron chi connectivity index (χ3n) is 2.85. The van der Waals surface area contributed by atoms with E-state index in [1.807, 2.05) is 43.4 Å². The molecule has 1 aliphatic heterocycles. The van der Waals surface area contributed by atoms with E-state index in [0.29, 0.717) is 10.7 Å². The van der Waals surface area contributed by atoms with Crippen molar-refractivity contribution in [2.75, 3.05) is 14.1 Å². The van der Waals surface area contributed by atoms with Gasteiger partial charge in [0.1, 0.15) is 0 Å². The average Bonchev–Trinajstić information content (AvgIpc) is 2.88. The lowest BCUT2D eigenvalue weighted by molar-refractivity contribution is -0.111. The number of nitrogens with zero attached hydrogens (tertiary/aromatic N) is 1. The predicted molar refractivity (Wildman–Crippen MR) is 87.4 cm³/mol. The zero-order valence-corrected chi connectivity index (χ0v) is 13.3. The van der Waals surface area contributed by atoms with Gasteiger partial charge >= 0.3 is 0 Å². The molecule has 2 rings (SSSR count). The Morgan fingerprint density at radius 3 is 2.85 bits per heavy atom. The Morgan fingerprint density at radius 2 is 2.25 bits per heavy atom. The number of hydrogen-bond acceptors (Lipinski definition) is 4. The molecule has 0 saturated carbocycles. The molecule has 6 heteroatoms. The number of hydrogen-bond donors (Lipinski definition) is 2. The van der Waals surface area contributed by atoms with Gasteiger partial charge in [0.25, 0.3) is 0 Å². The van der Waals surface area contributed by atoms with Gasteiger partial charge in [0, 0.05) is 31.9 Å². The van der Waals surface area contributed by atoms with Crippen molar-refractivity contribution in [3.8, 4) is 0 Å². The molecule has 2 heterocycles. The first-order chi connectivity index (χ1) is 9.49. The number of nitrogens with one attached hydrogen (secondary N) is 2. The van der Waals surface area contributed by atoms with E-state index >= 15 is 0 Å². The summed E-state index contributed by atoms with van der Waals surface area (Å²) in [6, 6.07) is 3.83. The monoisotopic (exact) mass is 307 g/mol. The summed E-state index contributed by atoms with van der Waals surface area (Å²) >= 11 is 6.77. The van der Waals surface area contributed by atoms with E-state index in [1.54, 1.807) is 23.6 Å². The van der Waals surface area contributed by atoms with Crippen molar-refractivity contribution in [2.45, 2.75) is 13.0 Å². The highest BCUT2D eigenvalue weighted by atomic mass is 32.1. The molecule has 1 atom stereocenters. The van der Waals surface area contributed by atoms with Crippen molar-refractivity contribution < 1.29 is 4.79 Å². The second-order valence-corrected chi connectivity index (χ2v) is 6.09. The average molecular weight is 307 g/mol. The summed E-state index contributed by atoms with van der Waals surface area (Å²) in [6.45, 7) is 1.94. The summed E-state index contributed by atoms with van der Waals surface area (Å²) < 4.78 is 0. The Bertz CT molecular complexity index is 573. The van der Waals surface area contributed by atoms with Crippen LogP contribution in [-0.4, -0.2) is 35.9 Å². The molecule has 1 aromatic heterocycles. The van der Waals surface area contributed by atoms with Gasteiger partial charge in [-0.05, 0) is 30.6 Å². The van der Waals surface area contributed by atoms with Gasteiger partial charge in [-0.25, -0.2) is 0 Å². The van der Waals surface area contributed by atoms with Crippen LogP contribution in [0.3, 0.4) is 0 Å². The Kier molecular flexibility index (Phi) is 4.57. The van der Waals surface area contributed by atoms with E-state index < -0.39 is 0 Å². The molecular weight excluding hydrogens is 290 g/mol. The summed E-state index contributed by atoms with van der Waals surface area (Å²) in [4.78, 5) is 15.3. The Hall–Kier alpha value is -1.66. The fraction of sp³-hybridized carbons (Fsp3) is 0.286. The largest absolute Gasteiger partial charge is 0.383 e. The first-order valence-electron chi connectivity index (χ1n) is 6.23. The van der Waals surface area contributed by atoms with E-state index in [2.05, 4.69) is 10.6 Å². The molecule has 20 heavy (non-hydrogen) atoms. The van der Waals surface area contributed by atoms with Crippen LogP contribution in [-0.2, 0) is 4.79 Å². The predicted octanol–water partition coefficient (Wildman–Crippen LogP) is 1.97. The molecule has 106 valence electrons. The highest BCUT2D eigenvalue weighted by Gasteiger charge is 2.27. The van der Waals surface area contributed by atoms with Gasteiger partial charge in [0.15, 0.2) is 10.9 Å². The number of thiocarbonyl (C=S) groups is 1. The number of rotatable bonds is 4. The SMILES string of the molecule is CC1NC(=S)NC(c2cccs2)=C1C(=O)/C=C/N(C)C. The van der Waals surface area contributed by atoms with Gasteiger partial charge in [-0.3, -0.25) is 4.79 Å². The minimum atomic E-state index is -0.111. The maximum Gasteiger partial charge on any atom is 0.187 e. The Balaban J connectivity index is 2.43. The molecule has 0 radical (unpaired) electrons. The van der Waals surface area contributed by atoms with Crippen LogP contribution in [0.5, 0.6) is 0 Å². The van der Waals surface area contributed by atoms with Crippen LogP contribution >= 0.6 is 23.6 Å². The topological polar surface area (TPSA) is 44.4 Å². The summed E-state index contributed by atoms with van der Waals surface area (Å²) in [5.74, 6) is -0.0166. The van der Waals surface area contributed by atoms with E-state index in [0.717, 1.165) is 10.6 Å². The van der Waals surface area contributed by atoms with Crippen LogP contribution < -0.4 is 10.6 Å². The molecular formula is C14H17N3OS2. The fourth-order valence-electron chi connectivity index (χ4n) is 1.96. The van der Waals surface area contributed by atoms with Crippen LogP contribution in [0.25, 0.3) is 5.70 Å². The fourth-order valence-corrected chi connectivity index (χ4v) is 2.98. The first-order valence-corrected chi connectivity index (χ1v) is 7.52. The first kappa shape index (κ1) is 14.7. The van der Waals surface area contributed by atoms with Crippen LogP contribution in [0.1, 0.15) is 11.8 Å². The Labute approximate surface area is 128 Å². The molecule has 0 amide bonds. The van der Waals surface area contributed by atoms with E-state index in [4.69, 9.17) is 12.2 Å². The molecule has 1 aliphatic rings. The van der Waals surface area contributed by atoms with Crippen molar-refractivity contribution in [2.24, 2.45) is 0 Å². The number of carbonyl (C=O) groups is 1. The lowest BCUT2D eigenvalue weighted by atomic mass is 9.98. The highest BCUT2D eigenvalue weighted by molar-refractivity contribution is 7.80. The smallest absolute Gasteiger partial charge is 0.187 e. The highest BCUT2D eigenvalue weighted by Crippen LogP contribution is 2.26. The van der Waals surface area contributed by atoms with Crippen molar-refractivity contribution in [1.82, 2.24) is 15.5 Å². The van der Waals surface area contributed by atoms with Crippen molar-refractivity contribution in [3.63, 3.8) is 0 Å². The standard InChI is InChI=1S/C14H17N3OS2/c1-9-12(10(18)6-7-17(2)3)13(16-14(19)15-9)11-5-4-8-20-11/h4-9H,1-3H3,(H2,15,16,19)/b7-6+. The van der Waals surface area contributed by atoms with Crippen molar-refractivity contribution in [3.05, 3.63) is 40.2 Å². The minimum absolute atomic E-state index is 0.0166. The van der Waals surface area contributed by atoms with E-state index in [1.165, 1.54) is 0 Å². The molecule has 0 aliphatic carbocycles. The van der Waals surface area contributed by atoms with Crippen LogP contribution in [0, 0.1) is 0 Å². The second-order valence-electron chi connectivity index (χ2n) is 4.73. The van der Waals surface area contributed by atoms with E-state index in [-0.39, 0.29) is 11.8 Å². The molecule has 4 nitrogen and oxygen atoms in total. The lowest BCUT2D eigenvalue weighted by Crippen LogP contribution is -2.47. The quantitative estimate of drug-likeness (QED) is 0.658. The van der Waals surface area contributed by atoms with E-state index in [9.17, 15) is 4.79 Å². The maximum absolute atomic E-state index is 12.4. The molecule has 0 aromatic carbocycles. The number of ketones is 1. The van der Waals surface area contributed by atoms with Gasteiger partial charge in [-0.15, -0.1) is 11.3 Å². The third kappa shape index (κ3) is 3.26. The van der Waals surface area contributed by atoms with Crippen LogP contribution in [0.15, 0.2) is 35.4 Å². The molecule has 0 spiro atoms. The number of thiophene rings is 1. The normalized spacial score (nSPS) is 18.9. The summed E-state index contributed by atoms with van der Waals surface area (Å²) in [7, 11) is 3.77. The summed E-state index contributed by atoms with van der Waals surface area (Å²) in [5, 5.41) is 8.73.